The monoisotopic (exact) mass is 238 g/mol. The summed E-state index contributed by atoms with van der Waals surface area (Å²) in [6.07, 6.45) is 9.75. The molecule has 17 heavy (non-hydrogen) atoms. The van der Waals surface area contributed by atoms with Gasteiger partial charge in [0.2, 0.25) is 0 Å². The van der Waals surface area contributed by atoms with E-state index in [1.54, 1.807) is 0 Å². The molecule has 2 aliphatic rings. The number of nitrogens with one attached hydrogen (secondary N) is 2. The molecule has 0 amide bonds. The molecule has 0 spiro atoms. The van der Waals surface area contributed by atoms with Gasteiger partial charge in [-0.25, -0.2) is 0 Å². The smallest absolute Gasteiger partial charge is 0.0111 e. The number of rotatable bonds is 8. The van der Waals surface area contributed by atoms with Gasteiger partial charge in [-0.05, 0) is 50.6 Å². The fraction of sp³-hybridized carbons (Fsp3) is 1.00. The van der Waals surface area contributed by atoms with Crippen molar-refractivity contribution < 1.29 is 0 Å². The van der Waals surface area contributed by atoms with Crippen LogP contribution in [0.5, 0.6) is 0 Å². The van der Waals surface area contributed by atoms with Crippen LogP contribution in [0.4, 0.5) is 0 Å². The first-order valence-corrected chi connectivity index (χ1v) is 7.80. The molecule has 0 radical (unpaired) electrons. The Kier molecular flexibility index (Phi) is 5.30. The second kappa shape index (κ2) is 6.75. The maximum Gasteiger partial charge on any atom is 0.0111 e. The minimum atomic E-state index is 0.836. The molecule has 0 aromatic heterocycles. The molecule has 2 aliphatic heterocycles. The van der Waals surface area contributed by atoms with Gasteiger partial charge in [-0.3, -0.25) is 0 Å². The Morgan fingerprint density at radius 2 is 2.18 bits per heavy atom. The Morgan fingerprint density at radius 1 is 1.29 bits per heavy atom. The van der Waals surface area contributed by atoms with Gasteiger partial charge in [0.15, 0.2) is 0 Å². The molecule has 4 atom stereocenters. The third kappa shape index (κ3) is 3.69. The highest BCUT2D eigenvalue weighted by Crippen LogP contribution is 2.32. The first-order chi connectivity index (χ1) is 8.33. The zero-order valence-electron chi connectivity index (χ0n) is 11.7. The van der Waals surface area contributed by atoms with Crippen molar-refractivity contribution in [3.05, 3.63) is 0 Å². The molecule has 100 valence electrons. The molecule has 0 aliphatic carbocycles. The minimum absolute atomic E-state index is 0.836. The van der Waals surface area contributed by atoms with E-state index in [4.69, 9.17) is 0 Å². The summed E-state index contributed by atoms with van der Waals surface area (Å²) in [5.74, 6) is 1.82. The van der Waals surface area contributed by atoms with E-state index in [1.165, 1.54) is 58.0 Å². The summed E-state index contributed by atoms with van der Waals surface area (Å²) in [5, 5.41) is 7.46. The van der Waals surface area contributed by atoms with Crippen molar-refractivity contribution in [3.8, 4) is 0 Å². The summed E-state index contributed by atoms with van der Waals surface area (Å²) in [7, 11) is 0. The van der Waals surface area contributed by atoms with Crippen LogP contribution in [-0.2, 0) is 0 Å². The van der Waals surface area contributed by atoms with Gasteiger partial charge in [0, 0.05) is 12.1 Å². The summed E-state index contributed by atoms with van der Waals surface area (Å²) < 4.78 is 0. The zero-order chi connectivity index (χ0) is 12.1. The van der Waals surface area contributed by atoms with Crippen LogP contribution in [0, 0.1) is 11.8 Å². The van der Waals surface area contributed by atoms with Crippen LogP contribution in [0.2, 0.25) is 0 Å². The lowest BCUT2D eigenvalue weighted by molar-refractivity contribution is 0.353. The summed E-state index contributed by atoms with van der Waals surface area (Å²) in [6.45, 7) is 7.11. The van der Waals surface area contributed by atoms with E-state index in [0.717, 1.165) is 23.9 Å². The van der Waals surface area contributed by atoms with E-state index in [9.17, 15) is 0 Å². The molecule has 2 heteroatoms. The van der Waals surface area contributed by atoms with Crippen LogP contribution >= 0.6 is 0 Å². The van der Waals surface area contributed by atoms with E-state index in [0.29, 0.717) is 0 Å². The van der Waals surface area contributed by atoms with E-state index in [1.807, 2.05) is 0 Å². The van der Waals surface area contributed by atoms with Crippen LogP contribution in [0.1, 0.15) is 58.8 Å². The van der Waals surface area contributed by atoms with E-state index in [2.05, 4.69) is 24.5 Å². The molecule has 2 nitrogen and oxygen atoms in total. The Hall–Kier alpha value is -0.0800. The molecule has 4 unspecified atom stereocenters. The first kappa shape index (κ1) is 13.4. The predicted molar refractivity (Wildman–Crippen MR) is 74.2 cm³/mol. The topological polar surface area (TPSA) is 24.1 Å². The third-order valence-corrected chi connectivity index (χ3v) is 4.82. The van der Waals surface area contributed by atoms with Crippen LogP contribution in [0.25, 0.3) is 0 Å². The Labute approximate surface area is 107 Å². The molecule has 2 saturated heterocycles. The highest BCUT2D eigenvalue weighted by atomic mass is 15.0. The van der Waals surface area contributed by atoms with Crippen LogP contribution in [0.15, 0.2) is 0 Å². The van der Waals surface area contributed by atoms with Gasteiger partial charge in [-0.2, -0.15) is 0 Å². The Bertz CT molecular complexity index is 217. The first-order valence-electron chi connectivity index (χ1n) is 7.80. The lowest BCUT2D eigenvalue weighted by atomic mass is 9.89. The van der Waals surface area contributed by atoms with Crippen LogP contribution in [-0.4, -0.2) is 25.2 Å². The molecule has 2 rings (SSSR count). The highest BCUT2D eigenvalue weighted by Gasteiger charge is 2.38. The SMILES string of the molecule is CCCCC(CC)CNCC1CC2CCC1N2. The average molecular weight is 238 g/mol. The normalized spacial score (nSPS) is 33.2. The summed E-state index contributed by atoms with van der Waals surface area (Å²) >= 11 is 0. The molecule has 0 aromatic rings. The van der Waals surface area contributed by atoms with Crippen LogP contribution < -0.4 is 10.6 Å². The van der Waals surface area contributed by atoms with Crippen molar-refractivity contribution in [2.24, 2.45) is 11.8 Å². The number of fused-ring (bicyclic) bond motifs is 2. The Morgan fingerprint density at radius 3 is 2.76 bits per heavy atom. The third-order valence-electron chi connectivity index (χ3n) is 4.82. The van der Waals surface area contributed by atoms with Crippen molar-refractivity contribution in [3.63, 3.8) is 0 Å². The van der Waals surface area contributed by atoms with Crippen LogP contribution in [0.3, 0.4) is 0 Å². The molecule has 2 bridgehead atoms. The number of unbranched alkanes of at least 4 members (excludes halogenated alkanes) is 1. The van der Waals surface area contributed by atoms with E-state index >= 15 is 0 Å². The largest absolute Gasteiger partial charge is 0.316 e. The van der Waals surface area contributed by atoms with E-state index < -0.39 is 0 Å². The maximum atomic E-state index is 3.73. The fourth-order valence-corrected chi connectivity index (χ4v) is 3.58. The lowest BCUT2D eigenvalue weighted by Crippen LogP contribution is -2.34. The molecular weight excluding hydrogens is 208 g/mol. The zero-order valence-corrected chi connectivity index (χ0v) is 11.7. The quantitative estimate of drug-likeness (QED) is 0.679. The number of hydrogen-bond acceptors (Lipinski definition) is 2. The minimum Gasteiger partial charge on any atom is -0.316 e. The van der Waals surface area contributed by atoms with Gasteiger partial charge >= 0.3 is 0 Å². The maximum absolute atomic E-state index is 3.73. The van der Waals surface area contributed by atoms with Gasteiger partial charge in [0.05, 0.1) is 0 Å². The standard InChI is InChI=1S/C15H30N2/c1-3-5-6-12(4-2)10-16-11-13-9-14-7-8-15(13)17-14/h12-17H,3-11H2,1-2H3. The van der Waals surface area contributed by atoms with Crippen molar-refractivity contribution in [1.82, 2.24) is 10.6 Å². The van der Waals surface area contributed by atoms with Crippen molar-refractivity contribution in [2.75, 3.05) is 13.1 Å². The van der Waals surface area contributed by atoms with Gasteiger partial charge in [-0.1, -0.05) is 33.1 Å². The summed E-state index contributed by atoms with van der Waals surface area (Å²) in [6, 6.07) is 1.69. The molecule has 2 heterocycles. The van der Waals surface area contributed by atoms with Gasteiger partial charge in [0.1, 0.15) is 0 Å². The second-order valence-corrected chi connectivity index (χ2v) is 6.12. The second-order valence-electron chi connectivity index (χ2n) is 6.12. The van der Waals surface area contributed by atoms with Crippen molar-refractivity contribution >= 4 is 0 Å². The average Bonchev–Trinajstić information content (AvgIpc) is 2.95. The molecule has 0 saturated carbocycles. The van der Waals surface area contributed by atoms with Crippen molar-refractivity contribution in [2.45, 2.75) is 70.9 Å². The summed E-state index contributed by atoms with van der Waals surface area (Å²) in [5.41, 5.74) is 0. The van der Waals surface area contributed by atoms with Gasteiger partial charge in [0.25, 0.3) is 0 Å². The fourth-order valence-electron chi connectivity index (χ4n) is 3.58. The summed E-state index contributed by atoms with van der Waals surface area (Å²) in [4.78, 5) is 0. The lowest BCUT2D eigenvalue weighted by Gasteiger charge is -2.22. The number of hydrogen-bond donors (Lipinski definition) is 2. The van der Waals surface area contributed by atoms with Gasteiger partial charge < -0.3 is 10.6 Å². The molecule has 0 aromatic carbocycles. The van der Waals surface area contributed by atoms with Crippen molar-refractivity contribution in [1.29, 1.82) is 0 Å². The Balaban J connectivity index is 1.58. The highest BCUT2D eigenvalue weighted by molar-refractivity contribution is 4.97. The molecule has 2 N–H and O–H groups in total. The predicted octanol–water partition coefficient (Wildman–Crippen LogP) is 2.93. The molecule has 2 fully saturated rings. The molecular formula is C15H30N2. The van der Waals surface area contributed by atoms with Gasteiger partial charge in [-0.15, -0.1) is 0 Å². The van der Waals surface area contributed by atoms with E-state index in [-0.39, 0.29) is 0 Å².